The zero-order valence-corrected chi connectivity index (χ0v) is 11.2. The molecule has 0 aromatic rings. The van der Waals surface area contributed by atoms with Crippen LogP contribution in [0.1, 0.15) is 39.0 Å². The van der Waals surface area contributed by atoms with Gasteiger partial charge in [-0.05, 0) is 46.2 Å². The molecular formula is C13H26N2O2. The van der Waals surface area contributed by atoms with Crippen molar-refractivity contribution in [3.63, 3.8) is 0 Å². The summed E-state index contributed by atoms with van der Waals surface area (Å²) in [5, 5.41) is 3.16. The van der Waals surface area contributed by atoms with Gasteiger partial charge < -0.3 is 15.0 Å². The maximum atomic E-state index is 12.1. The molecular weight excluding hydrogens is 216 g/mol. The molecule has 0 spiro atoms. The monoisotopic (exact) mass is 242 g/mol. The second kappa shape index (κ2) is 8.48. The molecule has 100 valence electrons. The Balaban J connectivity index is 2.37. The number of nitrogens with one attached hydrogen (secondary N) is 1. The topological polar surface area (TPSA) is 41.6 Å². The Morgan fingerprint density at radius 1 is 1.47 bits per heavy atom. The van der Waals surface area contributed by atoms with Gasteiger partial charge in [0.05, 0.1) is 13.0 Å². The lowest BCUT2D eigenvalue weighted by Gasteiger charge is -2.36. The van der Waals surface area contributed by atoms with Gasteiger partial charge in [0.2, 0.25) is 5.91 Å². The van der Waals surface area contributed by atoms with E-state index in [4.69, 9.17) is 4.74 Å². The van der Waals surface area contributed by atoms with Crippen LogP contribution in [-0.4, -0.2) is 50.2 Å². The average molecular weight is 242 g/mol. The van der Waals surface area contributed by atoms with Crippen LogP contribution in [0.15, 0.2) is 0 Å². The Bertz CT molecular complexity index is 221. The van der Waals surface area contributed by atoms with E-state index in [0.29, 0.717) is 25.7 Å². The zero-order valence-electron chi connectivity index (χ0n) is 11.2. The van der Waals surface area contributed by atoms with Gasteiger partial charge in [0.15, 0.2) is 0 Å². The summed E-state index contributed by atoms with van der Waals surface area (Å²) in [7, 11) is 1.96. The minimum atomic E-state index is 0.263. The molecule has 17 heavy (non-hydrogen) atoms. The molecule has 1 amide bonds. The Labute approximate surface area is 105 Å². The Morgan fingerprint density at radius 2 is 2.29 bits per heavy atom. The fraction of sp³-hybridized carbons (Fsp3) is 0.923. The second-order valence-corrected chi connectivity index (χ2v) is 4.58. The fourth-order valence-electron chi connectivity index (χ4n) is 2.39. The van der Waals surface area contributed by atoms with E-state index in [1.165, 1.54) is 6.42 Å². The number of likely N-dealkylation sites (tertiary alicyclic amines) is 1. The number of piperidine rings is 1. The average Bonchev–Trinajstić information content (AvgIpc) is 2.37. The van der Waals surface area contributed by atoms with E-state index in [1.54, 1.807) is 0 Å². The molecule has 1 atom stereocenters. The van der Waals surface area contributed by atoms with Gasteiger partial charge in [-0.25, -0.2) is 0 Å². The van der Waals surface area contributed by atoms with Gasteiger partial charge in [-0.15, -0.1) is 0 Å². The minimum absolute atomic E-state index is 0.263. The minimum Gasteiger partial charge on any atom is -0.381 e. The lowest BCUT2D eigenvalue weighted by Crippen LogP contribution is -2.45. The van der Waals surface area contributed by atoms with E-state index < -0.39 is 0 Å². The summed E-state index contributed by atoms with van der Waals surface area (Å²) >= 11 is 0. The molecule has 0 saturated carbocycles. The van der Waals surface area contributed by atoms with E-state index >= 15 is 0 Å². The summed E-state index contributed by atoms with van der Waals surface area (Å²) in [4.78, 5) is 14.1. The third kappa shape index (κ3) is 5.04. The molecule has 0 aromatic heterocycles. The molecule has 0 aliphatic carbocycles. The first-order valence-electron chi connectivity index (χ1n) is 6.81. The van der Waals surface area contributed by atoms with Crippen molar-refractivity contribution in [2.45, 2.75) is 45.1 Å². The number of hydrogen-bond donors (Lipinski definition) is 1. The van der Waals surface area contributed by atoms with Crippen LogP contribution in [-0.2, 0) is 9.53 Å². The van der Waals surface area contributed by atoms with Crippen molar-refractivity contribution < 1.29 is 9.53 Å². The van der Waals surface area contributed by atoms with Crippen molar-refractivity contribution >= 4 is 5.91 Å². The van der Waals surface area contributed by atoms with Crippen molar-refractivity contribution in [1.82, 2.24) is 10.2 Å². The van der Waals surface area contributed by atoms with E-state index in [1.807, 2.05) is 14.0 Å². The molecule has 1 saturated heterocycles. The van der Waals surface area contributed by atoms with Crippen LogP contribution in [0.25, 0.3) is 0 Å². The lowest BCUT2D eigenvalue weighted by atomic mass is 9.99. The van der Waals surface area contributed by atoms with Crippen LogP contribution in [0.5, 0.6) is 0 Å². The standard InChI is InChI=1S/C13H26N2O2/c1-3-17-11-8-13(16)15-10-5-4-6-12(15)7-9-14-2/h12,14H,3-11H2,1-2H3. The molecule has 4 nitrogen and oxygen atoms in total. The van der Waals surface area contributed by atoms with Gasteiger partial charge in [0, 0.05) is 19.2 Å². The van der Waals surface area contributed by atoms with Gasteiger partial charge in [0.1, 0.15) is 0 Å². The van der Waals surface area contributed by atoms with Crippen molar-refractivity contribution in [2.24, 2.45) is 0 Å². The third-order valence-electron chi connectivity index (χ3n) is 3.34. The molecule has 1 heterocycles. The van der Waals surface area contributed by atoms with Crippen LogP contribution in [0.4, 0.5) is 0 Å². The first-order chi connectivity index (χ1) is 8.29. The van der Waals surface area contributed by atoms with E-state index in [2.05, 4.69) is 10.2 Å². The number of carbonyl (C=O) groups is 1. The zero-order chi connectivity index (χ0) is 12.5. The highest BCUT2D eigenvalue weighted by molar-refractivity contribution is 5.76. The summed E-state index contributed by atoms with van der Waals surface area (Å²) in [5.74, 6) is 0.263. The van der Waals surface area contributed by atoms with Gasteiger partial charge in [-0.1, -0.05) is 0 Å². The fourth-order valence-corrected chi connectivity index (χ4v) is 2.39. The number of rotatable bonds is 7. The molecule has 1 N–H and O–H groups in total. The third-order valence-corrected chi connectivity index (χ3v) is 3.34. The summed E-state index contributed by atoms with van der Waals surface area (Å²) in [6, 6.07) is 0.435. The highest BCUT2D eigenvalue weighted by Crippen LogP contribution is 2.20. The molecule has 1 fully saturated rings. The van der Waals surface area contributed by atoms with Crippen LogP contribution in [0, 0.1) is 0 Å². The van der Waals surface area contributed by atoms with Crippen LogP contribution in [0.3, 0.4) is 0 Å². The smallest absolute Gasteiger partial charge is 0.225 e. The van der Waals surface area contributed by atoms with E-state index in [-0.39, 0.29) is 5.91 Å². The molecule has 1 unspecified atom stereocenters. The quantitative estimate of drug-likeness (QED) is 0.686. The summed E-state index contributed by atoms with van der Waals surface area (Å²) in [6.07, 6.45) is 5.16. The summed E-state index contributed by atoms with van der Waals surface area (Å²) in [6.45, 7) is 5.13. The molecule has 0 aromatic carbocycles. The SMILES string of the molecule is CCOCCC(=O)N1CCCCC1CCNC. The largest absolute Gasteiger partial charge is 0.381 e. The maximum absolute atomic E-state index is 12.1. The highest BCUT2D eigenvalue weighted by atomic mass is 16.5. The highest BCUT2D eigenvalue weighted by Gasteiger charge is 2.25. The van der Waals surface area contributed by atoms with Gasteiger partial charge in [-0.2, -0.15) is 0 Å². The maximum Gasteiger partial charge on any atom is 0.225 e. The van der Waals surface area contributed by atoms with Gasteiger partial charge in [-0.3, -0.25) is 4.79 Å². The van der Waals surface area contributed by atoms with Crippen molar-refractivity contribution in [3.8, 4) is 0 Å². The normalized spacial score (nSPS) is 20.6. The molecule has 1 aliphatic rings. The molecule has 1 rings (SSSR count). The molecule has 1 aliphatic heterocycles. The predicted octanol–water partition coefficient (Wildman–Crippen LogP) is 1.40. The number of nitrogens with zero attached hydrogens (tertiary/aromatic N) is 1. The second-order valence-electron chi connectivity index (χ2n) is 4.58. The van der Waals surface area contributed by atoms with E-state index in [0.717, 1.165) is 32.4 Å². The number of ether oxygens (including phenoxy) is 1. The Kier molecular flexibility index (Phi) is 7.21. The Morgan fingerprint density at radius 3 is 3.00 bits per heavy atom. The van der Waals surface area contributed by atoms with E-state index in [9.17, 15) is 4.79 Å². The summed E-state index contributed by atoms with van der Waals surface area (Å²) in [5.41, 5.74) is 0. The molecule has 0 bridgehead atoms. The van der Waals surface area contributed by atoms with Gasteiger partial charge >= 0.3 is 0 Å². The van der Waals surface area contributed by atoms with Crippen LogP contribution in [0.2, 0.25) is 0 Å². The predicted molar refractivity (Wildman–Crippen MR) is 69.0 cm³/mol. The molecule has 4 heteroatoms. The summed E-state index contributed by atoms with van der Waals surface area (Å²) < 4.78 is 5.25. The number of carbonyl (C=O) groups excluding carboxylic acids is 1. The number of amides is 1. The van der Waals surface area contributed by atoms with Crippen LogP contribution >= 0.6 is 0 Å². The lowest BCUT2D eigenvalue weighted by molar-refractivity contribution is -0.136. The van der Waals surface area contributed by atoms with Crippen molar-refractivity contribution in [3.05, 3.63) is 0 Å². The van der Waals surface area contributed by atoms with Gasteiger partial charge in [0.25, 0.3) is 0 Å². The van der Waals surface area contributed by atoms with Crippen molar-refractivity contribution in [2.75, 3.05) is 33.4 Å². The first-order valence-corrected chi connectivity index (χ1v) is 6.81. The first kappa shape index (κ1) is 14.5. The molecule has 0 radical (unpaired) electrons. The number of hydrogen-bond acceptors (Lipinski definition) is 3. The van der Waals surface area contributed by atoms with Crippen LogP contribution < -0.4 is 5.32 Å². The van der Waals surface area contributed by atoms with Crippen molar-refractivity contribution in [1.29, 1.82) is 0 Å². The Hall–Kier alpha value is -0.610.